The number of aliphatic hydroxyl groups excluding tert-OH is 1. The summed E-state index contributed by atoms with van der Waals surface area (Å²) in [7, 11) is 0. The Morgan fingerprint density at radius 1 is 1.05 bits per heavy atom. The Balaban J connectivity index is 2.01. The molecule has 0 amide bonds. The second kappa shape index (κ2) is 7.64. The fraction of sp³-hybridized carbons (Fsp3) is 0.294. The van der Waals surface area contributed by atoms with Crippen LogP contribution in [0.4, 0.5) is 4.39 Å². The lowest BCUT2D eigenvalue weighted by Crippen LogP contribution is -1.98. The van der Waals surface area contributed by atoms with Crippen LogP contribution in [0.2, 0.25) is 0 Å². The van der Waals surface area contributed by atoms with Crippen LogP contribution < -0.4 is 9.47 Å². The maximum atomic E-state index is 13.9. The van der Waals surface area contributed by atoms with Crippen molar-refractivity contribution in [1.82, 2.24) is 0 Å². The third kappa shape index (κ3) is 4.46. The van der Waals surface area contributed by atoms with Gasteiger partial charge in [0, 0.05) is 6.07 Å². The lowest BCUT2D eigenvalue weighted by atomic mass is 10.2. The molecule has 0 saturated heterocycles. The number of unbranched alkanes of at least 4 members (excludes halogenated alkanes) is 1. The van der Waals surface area contributed by atoms with Gasteiger partial charge in [-0.2, -0.15) is 0 Å². The van der Waals surface area contributed by atoms with E-state index in [0.717, 1.165) is 18.4 Å². The number of hydrogen-bond donors (Lipinski definition) is 1. The molecule has 0 aliphatic rings. The molecule has 2 aromatic carbocycles. The molecular weight excluding hydrogens is 271 g/mol. The molecule has 0 unspecified atom stereocenters. The smallest absolute Gasteiger partial charge is 0.168 e. The van der Waals surface area contributed by atoms with Crippen LogP contribution in [-0.2, 0) is 6.61 Å². The molecule has 0 heterocycles. The zero-order valence-corrected chi connectivity index (χ0v) is 12.0. The Hall–Kier alpha value is -2.07. The van der Waals surface area contributed by atoms with Gasteiger partial charge in [-0.1, -0.05) is 25.5 Å². The normalized spacial score (nSPS) is 10.4. The van der Waals surface area contributed by atoms with Crippen molar-refractivity contribution in [2.75, 3.05) is 6.61 Å². The molecule has 2 aromatic rings. The van der Waals surface area contributed by atoms with E-state index in [1.807, 2.05) is 0 Å². The molecule has 0 saturated carbocycles. The van der Waals surface area contributed by atoms with Crippen molar-refractivity contribution in [1.29, 1.82) is 0 Å². The van der Waals surface area contributed by atoms with Crippen molar-refractivity contribution in [3.8, 4) is 17.2 Å². The molecule has 112 valence electrons. The van der Waals surface area contributed by atoms with Crippen LogP contribution in [0, 0.1) is 5.82 Å². The fourth-order valence-electron chi connectivity index (χ4n) is 1.79. The lowest BCUT2D eigenvalue weighted by molar-refractivity contribution is 0.281. The third-order valence-corrected chi connectivity index (χ3v) is 3.00. The third-order valence-electron chi connectivity index (χ3n) is 3.00. The molecule has 0 bridgehead atoms. The van der Waals surface area contributed by atoms with Crippen molar-refractivity contribution >= 4 is 0 Å². The fourth-order valence-corrected chi connectivity index (χ4v) is 1.79. The number of halogens is 1. The van der Waals surface area contributed by atoms with E-state index >= 15 is 0 Å². The van der Waals surface area contributed by atoms with Crippen LogP contribution in [0.1, 0.15) is 25.3 Å². The molecule has 1 N–H and O–H groups in total. The topological polar surface area (TPSA) is 38.7 Å². The van der Waals surface area contributed by atoms with Crippen molar-refractivity contribution < 1.29 is 19.0 Å². The number of aliphatic hydroxyl groups is 1. The first-order valence-corrected chi connectivity index (χ1v) is 7.03. The number of hydrogen-bond acceptors (Lipinski definition) is 3. The molecule has 0 spiro atoms. The predicted octanol–water partition coefficient (Wildman–Crippen LogP) is 4.29. The van der Waals surface area contributed by atoms with Gasteiger partial charge in [0.05, 0.1) is 13.2 Å². The molecule has 3 nitrogen and oxygen atoms in total. The quantitative estimate of drug-likeness (QED) is 0.773. The second-order valence-electron chi connectivity index (χ2n) is 4.70. The van der Waals surface area contributed by atoms with Gasteiger partial charge in [0.2, 0.25) is 0 Å². The SMILES string of the molecule is CCCCOc1ccc(Oc2ccc(CO)cc2)cc1F. The van der Waals surface area contributed by atoms with Gasteiger partial charge in [-0.15, -0.1) is 0 Å². The molecule has 4 heteroatoms. The number of benzene rings is 2. The van der Waals surface area contributed by atoms with E-state index in [0.29, 0.717) is 18.1 Å². The van der Waals surface area contributed by atoms with Crippen molar-refractivity contribution in [3.63, 3.8) is 0 Å². The van der Waals surface area contributed by atoms with Gasteiger partial charge in [-0.3, -0.25) is 0 Å². The highest BCUT2D eigenvalue weighted by Crippen LogP contribution is 2.27. The van der Waals surface area contributed by atoms with E-state index in [1.165, 1.54) is 6.07 Å². The predicted molar refractivity (Wildman–Crippen MR) is 79.2 cm³/mol. The maximum Gasteiger partial charge on any atom is 0.168 e. The minimum Gasteiger partial charge on any atom is -0.491 e. The van der Waals surface area contributed by atoms with Crippen LogP contribution in [0.15, 0.2) is 42.5 Å². The van der Waals surface area contributed by atoms with E-state index in [1.54, 1.807) is 36.4 Å². The monoisotopic (exact) mass is 290 g/mol. The van der Waals surface area contributed by atoms with Gasteiger partial charge in [0.25, 0.3) is 0 Å². The van der Waals surface area contributed by atoms with Crippen molar-refractivity contribution in [2.24, 2.45) is 0 Å². The maximum absolute atomic E-state index is 13.9. The molecule has 0 aliphatic carbocycles. The molecule has 0 aromatic heterocycles. The van der Waals surface area contributed by atoms with Crippen LogP contribution in [0.25, 0.3) is 0 Å². The molecular formula is C17H19FO3. The van der Waals surface area contributed by atoms with Crippen LogP contribution >= 0.6 is 0 Å². The summed E-state index contributed by atoms with van der Waals surface area (Å²) in [4.78, 5) is 0. The Morgan fingerprint density at radius 3 is 2.38 bits per heavy atom. The summed E-state index contributed by atoms with van der Waals surface area (Å²) in [5.74, 6) is 0.806. The minimum atomic E-state index is -0.435. The van der Waals surface area contributed by atoms with Gasteiger partial charge in [-0.25, -0.2) is 4.39 Å². The molecule has 2 rings (SSSR count). The van der Waals surface area contributed by atoms with E-state index in [-0.39, 0.29) is 12.4 Å². The van der Waals surface area contributed by atoms with Crippen molar-refractivity contribution in [2.45, 2.75) is 26.4 Å². The number of rotatable bonds is 7. The highest BCUT2D eigenvalue weighted by molar-refractivity contribution is 5.37. The molecule has 21 heavy (non-hydrogen) atoms. The van der Waals surface area contributed by atoms with Gasteiger partial charge in [-0.05, 0) is 36.2 Å². The summed E-state index contributed by atoms with van der Waals surface area (Å²) in [5.41, 5.74) is 0.799. The summed E-state index contributed by atoms with van der Waals surface area (Å²) in [6.07, 6.45) is 1.90. The van der Waals surface area contributed by atoms with Gasteiger partial charge >= 0.3 is 0 Å². The average Bonchev–Trinajstić information content (AvgIpc) is 2.50. The highest BCUT2D eigenvalue weighted by atomic mass is 19.1. The first-order chi connectivity index (χ1) is 10.2. The Morgan fingerprint density at radius 2 is 1.76 bits per heavy atom. The molecule has 0 radical (unpaired) electrons. The first-order valence-electron chi connectivity index (χ1n) is 7.03. The minimum absolute atomic E-state index is 0.0152. The van der Waals surface area contributed by atoms with Gasteiger partial charge < -0.3 is 14.6 Å². The van der Waals surface area contributed by atoms with E-state index in [9.17, 15) is 4.39 Å². The van der Waals surface area contributed by atoms with Gasteiger partial charge in [0.15, 0.2) is 11.6 Å². The summed E-state index contributed by atoms with van der Waals surface area (Å²) in [5, 5.41) is 8.97. The second-order valence-corrected chi connectivity index (χ2v) is 4.70. The number of ether oxygens (including phenoxy) is 2. The Labute approximate surface area is 124 Å². The standard InChI is InChI=1S/C17H19FO3/c1-2-3-10-20-17-9-8-15(11-16(17)18)21-14-6-4-13(12-19)5-7-14/h4-9,11,19H,2-3,10,12H2,1H3. The molecule has 0 fully saturated rings. The van der Waals surface area contributed by atoms with E-state index in [2.05, 4.69) is 6.92 Å². The first kappa shape index (κ1) is 15.3. The zero-order chi connectivity index (χ0) is 15.1. The lowest BCUT2D eigenvalue weighted by Gasteiger charge is -2.09. The zero-order valence-electron chi connectivity index (χ0n) is 12.0. The molecule has 0 atom stereocenters. The van der Waals surface area contributed by atoms with Crippen LogP contribution in [0.5, 0.6) is 17.2 Å². The molecule has 0 aliphatic heterocycles. The van der Waals surface area contributed by atoms with E-state index < -0.39 is 5.82 Å². The summed E-state index contributed by atoms with van der Waals surface area (Å²) < 4.78 is 24.8. The van der Waals surface area contributed by atoms with Crippen molar-refractivity contribution in [3.05, 3.63) is 53.8 Å². The van der Waals surface area contributed by atoms with Crippen LogP contribution in [-0.4, -0.2) is 11.7 Å². The van der Waals surface area contributed by atoms with E-state index in [4.69, 9.17) is 14.6 Å². The van der Waals surface area contributed by atoms with Gasteiger partial charge in [0.1, 0.15) is 11.5 Å². The largest absolute Gasteiger partial charge is 0.491 e. The summed E-state index contributed by atoms with van der Waals surface area (Å²) in [6.45, 7) is 2.55. The Kier molecular flexibility index (Phi) is 5.58. The van der Waals surface area contributed by atoms with Crippen LogP contribution in [0.3, 0.4) is 0 Å². The average molecular weight is 290 g/mol. The Bertz CT molecular complexity index is 567. The summed E-state index contributed by atoms with van der Waals surface area (Å²) >= 11 is 0. The highest BCUT2D eigenvalue weighted by Gasteiger charge is 2.06. The summed E-state index contributed by atoms with van der Waals surface area (Å²) in [6, 6.07) is 11.5.